The van der Waals surface area contributed by atoms with Crippen molar-refractivity contribution in [2.24, 2.45) is 0 Å². The Balaban J connectivity index is 1.94. The van der Waals surface area contributed by atoms with E-state index in [1.54, 1.807) is 19.5 Å². The molecule has 3 heterocycles. The van der Waals surface area contributed by atoms with Crippen molar-refractivity contribution in [3.05, 3.63) is 79.1 Å². The summed E-state index contributed by atoms with van der Waals surface area (Å²) in [6.07, 6.45) is 3.40. The molecule has 1 aromatic carbocycles. The first-order valence-electron chi connectivity index (χ1n) is 8.47. The lowest BCUT2D eigenvalue weighted by atomic mass is 10.0. The average molecular weight is 355 g/mol. The van der Waals surface area contributed by atoms with E-state index >= 15 is 0 Å². The van der Waals surface area contributed by atoms with E-state index in [2.05, 4.69) is 15.0 Å². The van der Waals surface area contributed by atoms with Crippen LogP contribution in [-0.2, 0) is 0 Å². The Kier molecular flexibility index (Phi) is 4.49. The highest BCUT2D eigenvalue weighted by atomic mass is 16.5. The molecule has 0 aliphatic rings. The molecule has 0 spiro atoms. The number of hydrogen-bond acceptors (Lipinski definition) is 5. The molecule has 0 bridgehead atoms. The number of aromatic hydroxyl groups is 1. The van der Waals surface area contributed by atoms with Gasteiger partial charge in [0.2, 0.25) is 0 Å². The number of benzene rings is 1. The smallest absolute Gasteiger partial charge is 0.151 e. The Bertz CT molecular complexity index is 1050. The van der Waals surface area contributed by atoms with Crippen LogP contribution in [0.2, 0.25) is 0 Å². The molecule has 0 amide bonds. The summed E-state index contributed by atoms with van der Waals surface area (Å²) < 4.78 is 5.23. The SMILES string of the molecule is COc1ccc(-c2cc(-c3ccccn3)nc(-c3ccccn3)c2O)cc1. The predicted molar refractivity (Wildman–Crippen MR) is 104 cm³/mol. The number of pyridine rings is 3. The fourth-order valence-electron chi connectivity index (χ4n) is 2.86. The quantitative estimate of drug-likeness (QED) is 0.580. The van der Waals surface area contributed by atoms with Gasteiger partial charge < -0.3 is 9.84 Å². The number of rotatable bonds is 4. The molecule has 0 aliphatic carbocycles. The molecule has 27 heavy (non-hydrogen) atoms. The van der Waals surface area contributed by atoms with Gasteiger partial charge in [-0.05, 0) is 48.0 Å². The second kappa shape index (κ2) is 7.25. The molecular weight excluding hydrogens is 338 g/mol. The molecule has 5 nitrogen and oxygen atoms in total. The van der Waals surface area contributed by atoms with Crippen LogP contribution in [0.25, 0.3) is 33.9 Å². The van der Waals surface area contributed by atoms with E-state index in [9.17, 15) is 5.11 Å². The molecule has 0 fully saturated rings. The molecule has 4 aromatic rings. The minimum absolute atomic E-state index is 0.0820. The molecule has 132 valence electrons. The summed E-state index contributed by atoms with van der Waals surface area (Å²) in [5.74, 6) is 0.834. The third kappa shape index (κ3) is 3.35. The van der Waals surface area contributed by atoms with Crippen LogP contribution in [0.3, 0.4) is 0 Å². The van der Waals surface area contributed by atoms with Crippen molar-refractivity contribution in [1.29, 1.82) is 0 Å². The van der Waals surface area contributed by atoms with Gasteiger partial charge in [0.05, 0.1) is 24.2 Å². The summed E-state index contributed by atoms with van der Waals surface area (Å²) in [6, 6.07) is 20.5. The third-order valence-electron chi connectivity index (χ3n) is 4.23. The largest absolute Gasteiger partial charge is 0.505 e. The van der Waals surface area contributed by atoms with Gasteiger partial charge in [0.25, 0.3) is 0 Å². The van der Waals surface area contributed by atoms with E-state index in [0.29, 0.717) is 22.6 Å². The number of ether oxygens (including phenoxy) is 1. The van der Waals surface area contributed by atoms with Crippen LogP contribution in [0.1, 0.15) is 0 Å². The topological polar surface area (TPSA) is 68.1 Å². The maximum absolute atomic E-state index is 10.9. The molecule has 4 rings (SSSR count). The van der Waals surface area contributed by atoms with Crippen molar-refractivity contribution in [1.82, 2.24) is 15.0 Å². The van der Waals surface area contributed by atoms with Gasteiger partial charge in [0.15, 0.2) is 5.75 Å². The maximum Gasteiger partial charge on any atom is 0.151 e. The summed E-state index contributed by atoms with van der Waals surface area (Å²) in [7, 11) is 1.62. The van der Waals surface area contributed by atoms with E-state index in [4.69, 9.17) is 4.74 Å². The summed E-state index contributed by atoms with van der Waals surface area (Å²) in [5, 5.41) is 10.9. The lowest BCUT2D eigenvalue weighted by molar-refractivity contribution is 0.415. The molecule has 1 N–H and O–H groups in total. The van der Waals surface area contributed by atoms with Gasteiger partial charge in [0.1, 0.15) is 11.4 Å². The molecule has 0 unspecified atom stereocenters. The Morgan fingerprint density at radius 2 is 1.44 bits per heavy atom. The first-order valence-corrected chi connectivity index (χ1v) is 8.47. The molecule has 0 aliphatic heterocycles. The molecule has 0 saturated carbocycles. The number of methoxy groups -OCH3 is 1. The molecule has 0 atom stereocenters. The van der Waals surface area contributed by atoms with E-state index in [1.807, 2.05) is 66.7 Å². The van der Waals surface area contributed by atoms with Crippen LogP contribution < -0.4 is 4.74 Å². The first-order chi connectivity index (χ1) is 13.3. The highest BCUT2D eigenvalue weighted by Gasteiger charge is 2.17. The predicted octanol–water partition coefficient (Wildman–Crippen LogP) is 4.59. The zero-order valence-electron chi connectivity index (χ0n) is 14.7. The van der Waals surface area contributed by atoms with Crippen molar-refractivity contribution in [3.63, 3.8) is 0 Å². The summed E-state index contributed by atoms with van der Waals surface area (Å²) in [5.41, 5.74) is 3.93. The van der Waals surface area contributed by atoms with Crippen LogP contribution in [0, 0.1) is 0 Å². The zero-order valence-corrected chi connectivity index (χ0v) is 14.7. The fraction of sp³-hybridized carbons (Fsp3) is 0.0455. The van der Waals surface area contributed by atoms with Gasteiger partial charge in [0, 0.05) is 18.0 Å². The highest BCUT2D eigenvalue weighted by molar-refractivity contribution is 5.82. The minimum atomic E-state index is 0.0820. The van der Waals surface area contributed by atoms with E-state index < -0.39 is 0 Å². The van der Waals surface area contributed by atoms with Crippen molar-refractivity contribution in [3.8, 4) is 45.4 Å². The van der Waals surface area contributed by atoms with E-state index in [-0.39, 0.29) is 5.75 Å². The lowest BCUT2D eigenvalue weighted by Gasteiger charge is -2.12. The Hall–Kier alpha value is -3.73. The highest BCUT2D eigenvalue weighted by Crippen LogP contribution is 2.39. The first kappa shape index (κ1) is 16.7. The van der Waals surface area contributed by atoms with Crippen LogP contribution in [0.5, 0.6) is 11.5 Å². The molecule has 3 aromatic heterocycles. The van der Waals surface area contributed by atoms with Crippen molar-refractivity contribution >= 4 is 0 Å². The molecule has 5 heteroatoms. The van der Waals surface area contributed by atoms with Gasteiger partial charge in [-0.15, -0.1) is 0 Å². The van der Waals surface area contributed by atoms with Crippen LogP contribution in [0.4, 0.5) is 0 Å². The molecule has 0 radical (unpaired) electrons. The van der Waals surface area contributed by atoms with Gasteiger partial charge >= 0.3 is 0 Å². The summed E-state index contributed by atoms with van der Waals surface area (Å²) >= 11 is 0. The van der Waals surface area contributed by atoms with E-state index in [1.165, 1.54) is 0 Å². The van der Waals surface area contributed by atoms with Crippen molar-refractivity contribution < 1.29 is 9.84 Å². The zero-order chi connectivity index (χ0) is 18.6. The summed E-state index contributed by atoms with van der Waals surface area (Å²) in [4.78, 5) is 13.4. The fourth-order valence-corrected chi connectivity index (χ4v) is 2.86. The van der Waals surface area contributed by atoms with E-state index in [0.717, 1.165) is 17.0 Å². The number of nitrogens with zero attached hydrogens (tertiary/aromatic N) is 3. The average Bonchev–Trinajstić information content (AvgIpc) is 2.75. The molecular formula is C22H17N3O2. The number of aromatic nitrogens is 3. The van der Waals surface area contributed by atoms with Crippen molar-refractivity contribution in [2.45, 2.75) is 0 Å². The monoisotopic (exact) mass is 355 g/mol. The Morgan fingerprint density at radius 3 is 2.04 bits per heavy atom. The van der Waals surface area contributed by atoms with Crippen molar-refractivity contribution in [2.75, 3.05) is 7.11 Å². The van der Waals surface area contributed by atoms with Gasteiger partial charge in [-0.3, -0.25) is 9.97 Å². The Morgan fingerprint density at radius 1 is 0.778 bits per heavy atom. The molecule has 0 saturated heterocycles. The van der Waals surface area contributed by atoms with Gasteiger partial charge in [-0.2, -0.15) is 0 Å². The lowest BCUT2D eigenvalue weighted by Crippen LogP contribution is -1.95. The normalized spacial score (nSPS) is 10.6. The second-order valence-corrected chi connectivity index (χ2v) is 5.91. The maximum atomic E-state index is 10.9. The van der Waals surface area contributed by atoms with Crippen LogP contribution >= 0.6 is 0 Å². The Labute approximate surface area is 157 Å². The minimum Gasteiger partial charge on any atom is -0.505 e. The number of hydrogen-bond donors (Lipinski definition) is 1. The van der Waals surface area contributed by atoms with Gasteiger partial charge in [-0.25, -0.2) is 4.98 Å². The third-order valence-corrected chi connectivity index (χ3v) is 4.23. The van der Waals surface area contributed by atoms with Gasteiger partial charge in [-0.1, -0.05) is 24.3 Å². The summed E-state index contributed by atoms with van der Waals surface area (Å²) in [6.45, 7) is 0. The standard InChI is InChI=1S/C22H17N3O2/c1-27-16-10-8-15(9-11-16)17-14-20(18-6-2-4-12-23-18)25-21(22(17)26)19-7-3-5-13-24-19/h2-14,26H,1H3. The second-order valence-electron chi connectivity index (χ2n) is 5.91. The van der Waals surface area contributed by atoms with Crippen LogP contribution in [-0.4, -0.2) is 27.2 Å². The van der Waals surface area contributed by atoms with Crippen LogP contribution in [0.15, 0.2) is 79.1 Å².